The number of carbonyl (C=O) groups excluding carboxylic acids is 1. The molecular weight excluding hydrogens is 242 g/mol. The van der Waals surface area contributed by atoms with Gasteiger partial charge in [-0.2, -0.15) is 0 Å². The molecule has 4 nitrogen and oxygen atoms in total. The van der Waals surface area contributed by atoms with Crippen molar-refractivity contribution in [2.45, 2.75) is 45.6 Å². The van der Waals surface area contributed by atoms with Gasteiger partial charge in [-0.05, 0) is 32.3 Å². The smallest absolute Gasteiger partial charge is 0.303 e. The molecule has 1 aromatic rings. The Labute approximate surface area is 113 Å². The van der Waals surface area contributed by atoms with Crippen molar-refractivity contribution in [2.75, 3.05) is 0 Å². The van der Waals surface area contributed by atoms with E-state index >= 15 is 0 Å². The molecule has 0 aliphatic heterocycles. The summed E-state index contributed by atoms with van der Waals surface area (Å²) in [5, 5.41) is 11.4. The first-order chi connectivity index (χ1) is 8.99. The van der Waals surface area contributed by atoms with Gasteiger partial charge in [0.05, 0.1) is 6.04 Å². The molecule has 0 aliphatic rings. The van der Waals surface area contributed by atoms with E-state index in [0.29, 0.717) is 19.3 Å². The Morgan fingerprint density at radius 2 is 1.95 bits per heavy atom. The van der Waals surface area contributed by atoms with Gasteiger partial charge in [0, 0.05) is 12.8 Å². The van der Waals surface area contributed by atoms with E-state index in [2.05, 4.69) is 11.4 Å². The summed E-state index contributed by atoms with van der Waals surface area (Å²) in [7, 11) is 0. The van der Waals surface area contributed by atoms with Crippen molar-refractivity contribution in [1.29, 1.82) is 0 Å². The lowest BCUT2D eigenvalue weighted by atomic mass is 10.1. The summed E-state index contributed by atoms with van der Waals surface area (Å²) in [6, 6.07) is 8.01. The monoisotopic (exact) mass is 263 g/mol. The first-order valence-electron chi connectivity index (χ1n) is 6.57. The molecular formula is C15H21NO3. The van der Waals surface area contributed by atoms with E-state index in [1.54, 1.807) is 0 Å². The zero-order chi connectivity index (χ0) is 14.3. The molecule has 0 aliphatic carbocycles. The third-order valence-corrected chi connectivity index (χ3v) is 2.96. The molecule has 1 aromatic carbocycles. The van der Waals surface area contributed by atoms with Crippen LogP contribution in [0.1, 0.15) is 49.8 Å². The number of carboxylic acids is 1. The SMILES string of the molecule is Cc1cccc([C@H](C)NC(=O)CCCCC(=O)O)c1. The minimum absolute atomic E-state index is 0.0214. The standard InChI is InChI=1S/C15H21NO3/c1-11-6-5-7-13(10-11)12(2)16-14(17)8-3-4-9-15(18)19/h5-7,10,12H,3-4,8-9H2,1-2H3,(H,16,17)(H,18,19)/t12-/m0/s1. The second-order valence-corrected chi connectivity index (χ2v) is 4.80. The van der Waals surface area contributed by atoms with Gasteiger partial charge in [0.2, 0.25) is 5.91 Å². The van der Waals surface area contributed by atoms with Crippen LogP contribution in [0.2, 0.25) is 0 Å². The fourth-order valence-corrected chi connectivity index (χ4v) is 1.90. The van der Waals surface area contributed by atoms with Gasteiger partial charge in [-0.25, -0.2) is 0 Å². The maximum Gasteiger partial charge on any atom is 0.303 e. The van der Waals surface area contributed by atoms with E-state index in [1.165, 1.54) is 5.56 Å². The van der Waals surface area contributed by atoms with Gasteiger partial charge < -0.3 is 10.4 Å². The van der Waals surface area contributed by atoms with Gasteiger partial charge in [0.15, 0.2) is 0 Å². The van der Waals surface area contributed by atoms with Crippen LogP contribution >= 0.6 is 0 Å². The number of benzene rings is 1. The van der Waals surface area contributed by atoms with Crippen LogP contribution in [0.25, 0.3) is 0 Å². The highest BCUT2D eigenvalue weighted by molar-refractivity contribution is 5.76. The van der Waals surface area contributed by atoms with Crippen LogP contribution in [-0.4, -0.2) is 17.0 Å². The second kappa shape index (κ2) is 7.56. The molecule has 0 aromatic heterocycles. The highest BCUT2D eigenvalue weighted by Gasteiger charge is 2.09. The van der Waals surface area contributed by atoms with E-state index < -0.39 is 5.97 Å². The third-order valence-electron chi connectivity index (χ3n) is 2.96. The molecule has 104 valence electrons. The van der Waals surface area contributed by atoms with E-state index in [9.17, 15) is 9.59 Å². The second-order valence-electron chi connectivity index (χ2n) is 4.80. The zero-order valence-electron chi connectivity index (χ0n) is 11.5. The van der Waals surface area contributed by atoms with Crippen molar-refractivity contribution >= 4 is 11.9 Å². The number of rotatable bonds is 7. The van der Waals surface area contributed by atoms with Crippen molar-refractivity contribution in [3.8, 4) is 0 Å². The maximum atomic E-state index is 11.7. The van der Waals surface area contributed by atoms with Gasteiger partial charge in [-0.1, -0.05) is 29.8 Å². The van der Waals surface area contributed by atoms with Crippen molar-refractivity contribution in [1.82, 2.24) is 5.32 Å². The highest BCUT2D eigenvalue weighted by atomic mass is 16.4. The quantitative estimate of drug-likeness (QED) is 0.743. The summed E-state index contributed by atoms with van der Waals surface area (Å²) < 4.78 is 0. The molecule has 0 fully saturated rings. The van der Waals surface area contributed by atoms with Gasteiger partial charge >= 0.3 is 5.97 Å². The van der Waals surface area contributed by atoms with Crippen LogP contribution in [0.4, 0.5) is 0 Å². The topological polar surface area (TPSA) is 66.4 Å². The van der Waals surface area contributed by atoms with Crippen LogP contribution in [0.15, 0.2) is 24.3 Å². The molecule has 1 amide bonds. The Kier molecular flexibility index (Phi) is 6.06. The number of carboxylic acid groups (broad SMARTS) is 1. The molecule has 0 heterocycles. The van der Waals surface area contributed by atoms with Gasteiger partial charge in [-0.15, -0.1) is 0 Å². The number of hydrogen-bond acceptors (Lipinski definition) is 2. The third kappa shape index (κ3) is 6.04. The number of aryl methyl sites for hydroxylation is 1. The highest BCUT2D eigenvalue weighted by Crippen LogP contribution is 2.14. The van der Waals surface area contributed by atoms with E-state index in [1.807, 2.05) is 32.0 Å². The van der Waals surface area contributed by atoms with E-state index in [4.69, 9.17) is 5.11 Å². The first-order valence-corrected chi connectivity index (χ1v) is 6.57. The molecule has 0 spiro atoms. The number of carbonyl (C=O) groups is 2. The Bertz CT molecular complexity index is 443. The zero-order valence-corrected chi connectivity index (χ0v) is 11.5. The van der Waals surface area contributed by atoms with Gasteiger partial charge in [0.1, 0.15) is 0 Å². The van der Waals surface area contributed by atoms with E-state index in [0.717, 1.165) is 5.56 Å². The average molecular weight is 263 g/mol. The Hall–Kier alpha value is -1.84. The van der Waals surface area contributed by atoms with Crippen molar-refractivity contribution in [2.24, 2.45) is 0 Å². The maximum absolute atomic E-state index is 11.7. The van der Waals surface area contributed by atoms with E-state index in [-0.39, 0.29) is 18.4 Å². The van der Waals surface area contributed by atoms with Crippen LogP contribution in [-0.2, 0) is 9.59 Å². The predicted octanol–water partition coefficient (Wildman–Crippen LogP) is 2.82. The number of amides is 1. The average Bonchev–Trinajstić information content (AvgIpc) is 2.34. The fourth-order valence-electron chi connectivity index (χ4n) is 1.90. The molecule has 1 rings (SSSR count). The lowest BCUT2D eigenvalue weighted by Crippen LogP contribution is -2.26. The van der Waals surface area contributed by atoms with Crippen LogP contribution in [0, 0.1) is 6.92 Å². The summed E-state index contributed by atoms with van der Waals surface area (Å²) >= 11 is 0. The molecule has 1 atom stereocenters. The van der Waals surface area contributed by atoms with Crippen LogP contribution in [0.5, 0.6) is 0 Å². The summed E-state index contributed by atoms with van der Waals surface area (Å²) in [4.78, 5) is 22.0. The molecule has 0 saturated carbocycles. The summed E-state index contributed by atoms with van der Waals surface area (Å²) in [5.74, 6) is -0.840. The number of nitrogens with one attached hydrogen (secondary N) is 1. The Morgan fingerprint density at radius 1 is 1.26 bits per heavy atom. The first kappa shape index (κ1) is 15.2. The molecule has 4 heteroatoms. The molecule has 0 radical (unpaired) electrons. The summed E-state index contributed by atoms with van der Waals surface area (Å²) in [6.07, 6.45) is 1.66. The van der Waals surface area contributed by atoms with Crippen molar-refractivity contribution in [3.63, 3.8) is 0 Å². The predicted molar refractivity (Wildman–Crippen MR) is 73.8 cm³/mol. The lowest BCUT2D eigenvalue weighted by molar-refractivity contribution is -0.137. The molecule has 0 saturated heterocycles. The minimum atomic E-state index is -0.812. The Morgan fingerprint density at radius 3 is 2.58 bits per heavy atom. The van der Waals surface area contributed by atoms with Gasteiger partial charge in [0.25, 0.3) is 0 Å². The molecule has 2 N–H and O–H groups in total. The van der Waals surface area contributed by atoms with Crippen LogP contribution < -0.4 is 5.32 Å². The summed E-state index contributed by atoms with van der Waals surface area (Å²) in [6.45, 7) is 3.97. The Balaban J connectivity index is 2.34. The normalized spacial score (nSPS) is 11.9. The minimum Gasteiger partial charge on any atom is -0.481 e. The van der Waals surface area contributed by atoms with Crippen molar-refractivity contribution < 1.29 is 14.7 Å². The number of hydrogen-bond donors (Lipinski definition) is 2. The molecule has 19 heavy (non-hydrogen) atoms. The number of unbranched alkanes of at least 4 members (excludes halogenated alkanes) is 1. The van der Waals surface area contributed by atoms with Gasteiger partial charge in [-0.3, -0.25) is 9.59 Å². The lowest BCUT2D eigenvalue weighted by Gasteiger charge is -2.14. The molecule has 0 bridgehead atoms. The molecule has 0 unspecified atom stereocenters. The van der Waals surface area contributed by atoms with Crippen molar-refractivity contribution in [3.05, 3.63) is 35.4 Å². The largest absolute Gasteiger partial charge is 0.481 e. The fraction of sp³-hybridized carbons (Fsp3) is 0.467. The summed E-state index contributed by atoms with van der Waals surface area (Å²) in [5.41, 5.74) is 2.25. The number of aliphatic carboxylic acids is 1. The van der Waals surface area contributed by atoms with Crippen LogP contribution in [0.3, 0.4) is 0 Å².